The van der Waals surface area contributed by atoms with Crippen molar-refractivity contribution in [3.05, 3.63) is 89.4 Å². The molecule has 1 unspecified atom stereocenters. The molecule has 0 spiro atoms. The number of nitrogens with one attached hydrogen (secondary N) is 1. The average Bonchev–Trinajstić information content (AvgIpc) is 3.24. The third-order valence-electron chi connectivity index (χ3n) is 5.52. The van der Waals surface area contributed by atoms with E-state index in [2.05, 4.69) is 44.8 Å². The van der Waals surface area contributed by atoms with Crippen molar-refractivity contribution >= 4 is 22.3 Å². The Morgan fingerprint density at radius 3 is 2.52 bits per heavy atom. The van der Waals surface area contributed by atoms with Crippen LogP contribution in [0.25, 0.3) is 10.8 Å². The molecule has 0 aliphatic heterocycles. The first-order chi connectivity index (χ1) is 14.3. The summed E-state index contributed by atoms with van der Waals surface area (Å²) in [4.78, 5) is 4.05. The molecule has 29 heavy (non-hydrogen) atoms. The van der Waals surface area contributed by atoms with Crippen molar-refractivity contribution in [2.75, 3.05) is 5.32 Å². The molecule has 0 saturated carbocycles. The van der Waals surface area contributed by atoms with E-state index in [4.69, 9.17) is 0 Å². The van der Waals surface area contributed by atoms with Gasteiger partial charge in [0.2, 0.25) is 0 Å². The fourth-order valence-corrected chi connectivity index (χ4v) is 4.07. The number of hydrogen-bond donors (Lipinski definition) is 1. The van der Waals surface area contributed by atoms with Gasteiger partial charge in [0.25, 0.3) is 0 Å². The lowest BCUT2D eigenvalue weighted by molar-refractivity contribution is 0.904. The van der Waals surface area contributed by atoms with E-state index in [1.165, 1.54) is 17.5 Å². The highest BCUT2D eigenvalue weighted by Crippen LogP contribution is 2.33. The van der Waals surface area contributed by atoms with Crippen molar-refractivity contribution in [2.24, 2.45) is 0 Å². The molecule has 0 fully saturated rings. The molecule has 0 amide bonds. The first kappa shape index (κ1) is 17.3. The minimum absolute atomic E-state index is 0.496. The van der Waals surface area contributed by atoms with Crippen LogP contribution in [-0.4, -0.2) is 15.2 Å². The Bertz CT molecular complexity index is 1230. The Balaban J connectivity index is 1.57. The summed E-state index contributed by atoms with van der Waals surface area (Å²) in [5.74, 6) is 0.207. The van der Waals surface area contributed by atoms with E-state index in [-0.39, 0.29) is 0 Å². The largest absolute Gasteiger partial charge is 0.338 e. The molecule has 1 N–H and O–H groups in total. The van der Waals surface area contributed by atoms with Crippen LogP contribution in [0.4, 0.5) is 11.5 Å². The SMILES string of the molecule is N#CC(c1ccncc1)c1nnc(Nc2ccc3c(c2)CCC3)c2ccccc12. The van der Waals surface area contributed by atoms with Gasteiger partial charge in [-0.05, 0) is 60.2 Å². The topological polar surface area (TPSA) is 74.5 Å². The van der Waals surface area contributed by atoms with E-state index in [1.54, 1.807) is 12.4 Å². The van der Waals surface area contributed by atoms with Gasteiger partial charge in [0.15, 0.2) is 5.82 Å². The van der Waals surface area contributed by atoms with Crippen LogP contribution in [0.5, 0.6) is 0 Å². The highest BCUT2D eigenvalue weighted by molar-refractivity contribution is 5.95. The Morgan fingerprint density at radius 1 is 0.897 bits per heavy atom. The van der Waals surface area contributed by atoms with Crippen LogP contribution in [0.2, 0.25) is 0 Å². The molecule has 140 valence electrons. The van der Waals surface area contributed by atoms with Gasteiger partial charge >= 0.3 is 0 Å². The molecular formula is C24H19N5. The zero-order valence-electron chi connectivity index (χ0n) is 15.8. The zero-order valence-corrected chi connectivity index (χ0v) is 15.8. The predicted octanol–water partition coefficient (Wildman–Crippen LogP) is 4.91. The van der Waals surface area contributed by atoms with Gasteiger partial charge in [-0.15, -0.1) is 5.10 Å². The Labute approximate surface area is 169 Å². The van der Waals surface area contributed by atoms with E-state index in [1.807, 2.05) is 36.4 Å². The Hall–Kier alpha value is -3.78. The minimum atomic E-state index is -0.496. The van der Waals surface area contributed by atoms with E-state index in [0.717, 1.165) is 34.9 Å². The monoisotopic (exact) mass is 377 g/mol. The summed E-state index contributed by atoms with van der Waals surface area (Å²) in [6.07, 6.45) is 6.91. The lowest BCUT2D eigenvalue weighted by atomic mass is 9.94. The lowest BCUT2D eigenvalue weighted by Gasteiger charge is -2.14. The summed E-state index contributed by atoms with van der Waals surface area (Å²) in [6.45, 7) is 0. The van der Waals surface area contributed by atoms with Crippen LogP contribution in [0.1, 0.15) is 34.7 Å². The normalized spacial score (nSPS) is 13.6. The summed E-state index contributed by atoms with van der Waals surface area (Å²) in [7, 11) is 0. The second kappa shape index (κ2) is 7.33. The van der Waals surface area contributed by atoms with Crippen molar-refractivity contribution in [2.45, 2.75) is 25.2 Å². The number of anilines is 2. The number of nitriles is 1. The number of aromatic nitrogens is 3. The summed E-state index contributed by atoms with van der Waals surface area (Å²) < 4.78 is 0. The summed E-state index contributed by atoms with van der Waals surface area (Å²) in [5, 5.41) is 24.1. The second-order valence-corrected chi connectivity index (χ2v) is 7.28. The summed E-state index contributed by atoms with van der Waals surface area (Å²) >= 11 is 0. The molecule has 0 radical (unpaired) electrons. The molecule has 5 heteroatoms. The minimum Gasteiger partial charge on any atom is -0.338 e. The molecule has 4 aromatic rings. The maximum absolute atomic E-state index is 9.83. The molecule has 0 bridgehead atoms. The van der Waals surface area contributed by atoms with Crippen LogP contribution >= 0.6 is 0 Å². The molecule has 1 aliphatic rings. The zero-order chi connectivity index (χ0) is 19.6. The molecule has 5 rings (SSSR count). The third-order valence-corrected chi connectivity index (χ3v) is 5.52. The quantitative estimate of drug-likeness (QED) is 0.547. The Kier molecular flexibility index (Phi) is 4.38. The molecule has 1 atom stereocenters. The standard InChI is InChI=1S/C24H19N5/c25-15-22(17-10-12-26-13-11-17)23-20-6-1-2-7-21(20)24(29-28-23)27-19-9-8-16-4-3-5-18(16)14-19/h1-2,6-14,22H,3-5H2,(H,27,29). The van der Waals surface area contributed by atoms with Gasteiger partial charge in [-0.2, -0.15) is 10.4 Å². The molecule has 5 nitrogen and oxygen atoms in total. The van der Waals surface area contributed by atoms with E-state index in [9.17, 15) is 5.26 Å². The number of nitrogens with zero attached hydrogens (tertiary/aromatic N) is 4. The van der Waals surface area contributed by atoms with Gasteiger partial charge in [0, 0.05) is 28.9 Å². The fraction of sp³-hybridized carbons (Fsp3) is 0.167. The first-order valence-electron chi connectivity index (χ1n) is 9.77. The molecule has 2 aromatic carbocycles. The fourth-order valence-electron chi connectivity index (χ4n) is 4.07. The van der Waals surface area contributed by atoms with E-state index < -0.39 is 5.92 Å². The van der Waals surface area contributed by atoms with Crippen LogP contribution in [0.3, 0.4) is 0 Å². The second-order valence-electron chi connectivity index (χ2n) is 7.28. The highest BCUT2D eigenvalue weighted by Gasteiger charge is 2.20. The van der Waals surface area contributed by atoms with Gasteiger partial charge in [0.05, 0.1) is 11.8 Å². The number of benzene rings is 2. The van der Waals surface area contributed by atoms with E-state index in [0.29, 0.717) is 11.5 Å². The number of fused-ring (bicyclic) bond motifs is 2. The first-order valence-corrected chi connectivity index (χ1v) is 9.77. The van der Waals surface area contributed by atoms with Crippen molar-refractivity contribution < 1.29 is 0 Å². The van der Waals surface area contributed by atoms with Gasteiger partial charge in [-0.3, -0.25) is 4.98 Å². The van der Waals surface area contributed by atoms with Crippen LogP contribution < -0.4 is 5.32 Å². The summed E-state index contributed by atoms with van der Waals surface area (Å²) in [5.41, 5.74) is 5.39. The van der Waals surface area contributed by atoms with Gasteiger partial charge in [-0.1, -0.05) is 30.3 Å². The highest BCUT2D eigenvalue weighted by atomic mass is 15.2. The average molecular weight is 377 g/mol. The maximum atomic E-state index is 9.83. The van der Waals surface area contributed by atoms with Crippen molar-refractivity contribution in [3.63, 3.8) is 0 Å². The number of aryl methyl sites for hydroxylation is 2. The van der Waals surface area contributed by atoms with Crippen LogP contribution in [-0.2, 0) is 12.8 Å². The maximum Gasteiger partial charge on any atom is 0.160 e. The molecular weight excluding hydrogens is 358 g/mol. The molecule has 2 heterocycles. The summed E-state index contributed by atoms with van der Waals surface area (Å²) in [6, 6.07) is 20.5. The van der Waals surface area contributed by atoms with Gasteiger partial charge in [0.1, 0.15) is 5.92 Å². The van der Waals surface area contributed by atoms with Crippen LogP contribution in [0.15, 0.2) is 67.0 Å². The molecule has 1 aliphatic carbocycles. The van der Waals surface area contributed by atoms with Crippen molar-refractivity contribution in [1.29, 1.82) is 5.26 Å². The number of hydrogen-bond acceptors (Lipinski definition) is 5. The van der Waals surface area contributed by atoms with Crippen molar-refractivity contribution in [1.82, 2.24) is 15.2 Å². The van der Waals surface area contributed by atoms with Crippen molar-refractivity contribution in [3.8, 4) is 6.07 Å². The predicted molar refractivity (Wildman–Crippen MR) is 113 cm³/mol. The molecule has 0 saturated heterocycles. The van der Waals surface area contributed by atoms with Gasteiger partial charge in [-0.25, -0.2) is 0 Å². The number of rotatable bonds is 4. The smallest absolute Gasteiger partial charge is 0.160 e. The third kappa shape index (κ3) is 3.19. The van der Waals surface area contributed by atoms with Gasteiger partial charge < -0.3 is 5.32 Å². The van der Waals surface area contributed by atoms with Crippen LogP contribution in [0, 0.1) is 11.3 Å². The number of pyridine rings is 1. The van der Waals surface area contributed by atoms with E-state index >= 15 is 0 Å². The lowest BCUT2D eigenvalue weighted by Crippen LogP contribution is -2.06. The molecule has 2 aromatic heterocycles. The Morgan fingerprint density at radius 2 is 1.69 bits per heavy atom.